The number of hydrogen-bond acceptors (Lipinski definition) is 3. The van der Waals surface area contributed by atoms with Crippen LogP contribution >= 0.6 is 0 Å². The molecule has 21 heavy (non-hydrogen) atoms. The summed E-state index contributed by atoms with van der Waals surface area (Å²) in [6, 6.07) is 0.751. The van der Waals surface area contributed by atoms with Gasteiger partial charge < -0.3 is 10.6 Å². The van der Waals surface area contributed by atoms with Gasteiger partial charge in [-0.1, -0.05) is 0 Å². The van der Waals surface area contributed by atoms with Gasteiger partial charge in [-0.2, -0.15) is 0 Å². The van der Waals surface area contributed by atoms with Gasteiger partial charge in [0.05, 0.1) is 0 Å². The molecule has 0 aromatic heterocycles. The molecule has 1 saturated heterocycles. The normalized spacial score (nSPS) is 49.4. The summed E-state index contributed by atoms with van der Waals surface area (Å²) in [4.78, 5) is 5.30. The van der Waals surface area contributed by atoms with Crippen molar-refractivity contribution in [1.29, 1.82) is 0 Å². The Balaban J connectivity index is 1.64. The van der Waals surface area contributed by atoms with Crippen LogP contribution in [0.2, 0.25) is 0 Å². The molecule has 4 saturated carbocycles. The van der Waals surface area contributed by atoms with E-state index < -0.39 is 0 Å². The monoisotopic (exact) mass is 291 g/mol. The van der Waals surface area contributed by atoms with Gasteiger partial charge in [-0.05, 0) is 89.3 Å². The number of nitrogens with zero attached hydrogens (tertiary/aromatic N) is 2. The van der Waals surface area contributed by atoms with Gasteiger partial charge in [0.2, 0.25) is 0 Å². The second-order valence-electron chi connectivity index (χ2n) is 8.75. The molecule has 0 aromatic carbocycles. The summed E-state index contributed by atoms with van der Waals surface area (Å²) in [5, 5.41) is 0. The average molecular weight is 291 g/mol. The van der Waals surface area contributed by atoms with Crippen molar-refractivity contribution in [2.75, 3.05) is 33.7 Å². The molecule has 0 aromatic rings. The second kappa shape index (κ2) is 5.21. The first-order chi connectivity index (χ1) is 10.1. The zero-order chi connectivity index (χ0) is 14.6. The quantitative estimate of drug-likeness (QED) is 0.861. The largest absolute Gasteiger partial charge is 0.329 e. The Hall–Kier alpha value is -0.120. The van der Waals surface area contributed by atoms with E-state index in [2.05, 4.69) is 23.9 Å². The number of likely N-dealkylation sites (tertiary alicyclic amines) is 1. The molecule has 1 heterocycles. The van der Waals surface area contributed by atoms with E-state index in [-0.39, 0.29) is 0 Å². The van der Waals surface area contributed by atoms with E-state index in [9.17, 15) is 0 Å². The average Bonchev–Trinajstić information content (AvgIpc) is 2.86. The van der Waals surface area contributed by atoms with Crippen molar-refractivity contribution in [1.82, 2.24) is 9.80 Å². The van der Waals surface area contributed by atoms with E-state index in [0.29, 0.717) is 5.54 Å². The SMILES string of the molecule is CN(C)CC1CCCN1C1(CN)C2CC3CC(C2)CC1C3. The molecule has 1 atom stereocenters. The van der Waals surface area contributed by atoms with E-state index in [0.717, 1.165) is 36.3 Å². The lowest BCUT2D eigenvalue weighted by Gasteiger charge is -2.65. The van der Waals surface area contributed by atoms with Crippen LogP contribution in [0.3, 0.4) is 0 Å². The first kappa shape index (κ1) is 14.5. The maximum Gasteiger partial charge on any atom is 0.0391 e. The maximum absolute atomic E-state index is 6.51. The minimum atomic E-state index is 0.366. The predicted octanol–water partition coefficient (Wildman–Crippen LogP) is 2.17. The number of rotatable bonds is 4. The summed E-state index contributed by atoms with van der Waals surface area (Å²) in [6.45, 7) is 3.43. The number of hydrogen-bond donors (Lipinski definition) is 1. The summed E-state index contributed by atoms with van der Waals surface area (Å²) in [5.74, 6) is 3.90. The van der Waals surface area contributed by atoms with Gasteiger partial charge in [-0.3, -0.25) is 4.90 Å². The van der Waals surface area contributed by atoms with E-state index in [4.69, 9.17) is 5.73 Å². The van der Waals surface area contributed by atoms with Crippen molar-refractivity contribution < 1.29 is 0 Å². The smallest absolute Gasteiger partial charge is 0.0391 e. The molecule has 5 rings (SSSR count). The third-order valence-corrected chi connectivity index (χ3v) is 7.37. The zero-order valence-electron chi connectivity index (χ0n) is 13.9. The van der Waals surface area contributed by atoms with Gasteiger partial charge in [-0.25, -0.2) is 0 Å². The highest BCUT2D eigenvalue weighted by Crippen LogP contribution is 2.60. The summed E-state index contributed by atoms with van der Waals surface area (Å²) in [7, 11) is 4.45. The molecule has 1 aliphatic heterocycles. The summed E-state index contributed by atoms with van der Waals surface area (Å²) >= 11 is 0. The van der Waals surface area contributed by atoms with Crippen molar-refractivity contribution in [3.63, 3.8) is 0 Å². The fraction of sp³-hybridized carbons (Fsp3) is 1.00. The molecule has 3 nitrogen and oxygen atoms in total. The summed E-state index contributed by atoms with van der Waals surface area (Å²) in [5.41, 5.74) is 6.87. The van der Waals surface area contributed by atoms with Crippen LogP contribution in [0.1, 0.15) is 44.9 Å². The van der Waals surface area contributed by atoms with Gasteiger partial charge in [0.25, 0.3) is 0 Å². The van der Waals surface area contributed by atoms with Crippen molar-refractivity contribution in [3.8, 4) is 0 Å². The van der Waals surface area contributed by atoms with Crippen LogP contribution in [-0.2, 0) is 0 Å². The fourth-order valence-corrected chi connectivity index (χ4v) is 6.92. The Labute approximate surface area is 130 Å². The molecule has 5 fully saturated rings. The Morgan fingerprint density at radius 1 is 1.05 bits per heavy atom. The van der Waals surface area contributed by atoms with Crippen molar-refractivity contribution in [2.24, 2.45) is 29.4 Å². The fourth-order valence-electron chi connectivity index (χ4n) is 6.92. The highest BCUT2D eigenvalue weighted by Gasteiger charge is 2.60. The molecule has 3 heteroatoms. The van der Waals surface area contributed by atoms with Crippen LogP contribution in [0.15, 0.2) is 0 Å². The lowest BCUT2D eigenvalue weighted by Crippen LogP contribution is -2.70. The van der Waals surface area contributed by atoms with Crippen LogP contribution in [0, 0.1) is 23.7 Å². The zero-order valence-corrected chi connectivity index (χ0v) is 13.9. The van der Waals surface area contributed by atoms with E-state index in [1.165, 1.54) is 58.0 Å². The van der Waals surface area contributed by atoms with Crippen LogP contribution in [0.4, 0.5) is 0 Å². The Kier molecular flexibility index (Phi) is 3.59. The van der Waals surface area contributed by atoms with E-state index in [1.807, 2.05) is 0 Å². The molecule has 4 bridgehead atoms. The summed E-state index contributed by atoms with van der Waals surface area (Å²) in [6.07, 6.45) is 10.2. The maximum atomic E-state index is 6.51. The van der Waals surface area contributed by atoms with E-state index >= 15 is 0 Å². The molecule has 2 N–H and O–H groups in total. The van der Waals surface area contributed by atoms with Gasteiger partial charge >= 0.3 is 0 Å². The van der Waals surface area contributed by atoms with Gasteiger partial charge in [0.15, 0.2) is 0 Å². The van der Waals surface area contributed by atoms with Crippen molar-refractivity contribution in [3.05, 3.63) is 0 Å². The molecule has 1 unspecified atom stereocenters. The van der Waals surface area contributed by atoms with Crippen LogP contribution in [0.5, 0.6) is 0 Å². The standard InChI is InChI=1S/C18H33N3/c1-20(2)11-17-4-3-5-21(17)18(12-19)15-7-13-6-14(9-15)10-16(18)8-13/h13-17H,3-12,19H2,1-2H3. The molecule has 4 aliphatic carbocycles. The Bertz CT molecular complexity index is 364. The Morgan fingerprint density at radius 3 is 2.19 bits per heavy atom. The van der Waals surface area contributed by atoms with Gasteiger partial charge in [0, 0.05) is 24.7 Å². The molecule has 0 radical (unpaired) electrons. The number of likely N-dealkylation sites (N-methyl/N-ethyl adjacent to an activating group) is 1. The highest BCUT2D eigenvalue weighted by atomic mass is 15.3. The molecular weight excluding hydrogens is 258 g/mol. The minimum Gasteiger partial charge on any atom is -0.329 e. The van der Waals surface area contributed by atoms with Crippen molar-refractivity contribution >= 4 is 0 Å². The first-order valence-electron chi connectivity index (χ1n) is 9.25. The summed E-state index contributed by atoms with van der Waals surface area (Å²) < 4.78 is 0. The molecular formula is C18H33N3. The first-order valence-corrected chi connectivity index (χ1v) is 9.25. The number of nitrogens with two attached hydrogens (primary N) is 1. The predicted molar refractivity (Wildman–Crippen MR) is 87.1 cm³/mol. The second-order valence-corrected chi connectivity index (χ2v) is 8.75. The topological polar surface area (TPSA) is 32.5 Å². The van der Waals surface area contributed by atoms with Gasteiger partial charge in [0.1, 0.15) is 0 Å². The highest BCUT2D eigenvalue weighted by molar-refractivity contribution is 5.14. The lowest BCUT2D eigenvalue weighted by molar-refractivity contribution is -0.136. The lowest BCUT2D eigenvalue weighted by atomic mass is 9.48. The van der Waals surface area contributed by atoms with Crippen LogP contribution in [-0.4, -0.2) is 55.1 Å². The molecule has 5 aliphatic rings. The van der Waals surface area contributed by atoms with Gasteiger partial charge in [-0.15, -0.1) is 0 Å². The van der Waals surface area contributed by atoms with Crippen molar-refractivity contribution in [2.45, 2.75) is 56.5 Å². The molecule has 120 valence electrons. The van der Waals surface area contributed by atoms with Crippen LogP contribution in [0.25, 0.3) is 0 Å². The molecule has 0 spiro atoms. The van der Waals surface area contributed by atoms with E-state index in [1.54, 1.807) is 0 Å². The third kappa shape index (κ3) is 2.11. The third-order valence-electron chi connectivity index (χ3n) is 7.37. The Morgan fingerprint density at radius 2 is 1.67 bits per heavy atom. The van der Waals surface area contributed by atoms with Crippen LogP contribution < -0.4 is 5.73 Å². The molecule has 0 amide bonds. The minimum absolute atomic E-state index is 0.366.